The van der Waals surface area contributed by atoms with Crippen LogP contribution in [0.15, 0.2) is 12.1 Å². The van der Waals surface area contributed by atoms with Crippen LogP contribution in [0.3, 0.4) is 0 Å². The fourth-order valence-corrected chi connectivity index (χ4v) is 5.38. The van der Waals surface area contributed by atoms with Crippen molar-refractivity contribution in [3.8, 4) is 0 Å². The van der Waals surface area contributed by atoms with Gasteiger partial charge < -0.3 is 20.6 Å². The smallest absolute Gasteiger partial charge is 0.475 e. The number of benzene rings is 1. The number of rotatable bonds is 6. The van der Waals surface area contributed by atoms with Gasteiger partial charge in [-0.05, 0) is 69.0 Å². The Morgan fingerprint density at radius 2 is 1.79 bits per heavy atom. The minimum atomic E-state index is -5.08. The van der Waals surface area contributed by atoms with Crippen molar-refractivity contribution in [2.45, 2.75) is 64.7 Å². The number of aliphatic carboxylic acids is 1. The molecule has 0 aromatic heterocycles. The summed E-state index contributed by atoms with van der Waals surface area (Å²) >= 11 is 6.40. The number of anilines is 1. The van der Waals surface area contributed by atoms with Crippen molar-refractivity contribution in [2.75, 3.05) is 38.0 Å². The first-order valence-corrected chi connectivity index (χ1v) is 13.4. The molecule has 3 aliphatic rings. The molecule has 3 N–H and O–H groups in total. The molecule has 0 radical (unpaired) electrons. The van der Waals surface area contributed by atoms with E-state index in [-0.39, 0.29) is 17.9 Å². The van der Waals surface area contributed by atoms with Crippen LogP contribution in [-0.4, -0.2) is 77.6 Å². The Labute approximate surface area is 225 Å². The number of nitrogens with one attached hydrogen (secondary N) is 2. The van der Waals surface area contributed by atoms with Gasteiger partial charge in [0.25, 0.3) is 0 Å². The molecule has 1 atom stereocenters. The molecule has 2 saturated heterocycles. The maximum atomic E-state index is 12.9. The Hall–Kier alpha value is -2.37. The summed E-state index contributed by atoms with van der Waals surface area (Å²) in [6, 6.07) is 4.07. The second kappa shape index (κ2) is 13.1. The van der Waals surface area contributed by atoms with Crippen molar-refractivity contribution in [1.29, 1.82) is 0 Å². The number of amides is 2. The van der Waals surface area contributed by atoms with Gasteiger partial charge in [0.1, 0.15) is 0 Å². The number of nitrogens with zero attached hydrogens (tertiary/aromatic N) is 2. The SMILES string of the molecule is Cc1c(CN2CCN(C(=O)C3CCCC3)[C@@H](C)C2)cc(Cl)cc1NC(=O)CC1CNC1.O=C(O)C(F)(F)F. The Morgan fingerprint density at radius 1 is 1.16 bits per heavy atom. The molecule has 212 valence electrons. The molecule has 2 heterocycles. The maximum absolute atomic E-state index is 12.9. The van der Waals surface area contributed by atoms with Crippen molar-refractivity contribution in [3.63, 3.8) is 0 Å². The number of hydrogen-bond donors (Lipinski definition) is 3. The molecule has 4 rings (SSSR count). The summed E-state index contributed by atoms with van der Waals surface area (Å²) in [5.41, 5.74) is 3.01. The molecule has 1 aromatic carbocycles. The van der Waals surface area contributed by atoms with Gasteiger partial charge >= 0.3 is 12.1 Å². The van der Waals surface area contributed by atoms with E-state index in [2.05, 4.69) is 34.3 Å². The first-order chi connectivity index (χ1) is 17.8. The summed E-state index contributed by atoms with van der Waals surface area (Å²) in [5.74, 6) is -1.67. The van der Waals surface area contributed by atoms with Crippen LogP contribution in [0.5, 0.6) is 0 Å². The highest BCUT2D eigenvalue weighted by Gasteiger charge is 2.38. The van der Waals surface area contributed by atoms with Gasteiger partial charge in [0.15, 0.2) is 0 Å². The van der Waals surface area contributed by atoms with Crippen molar-refractivity contribution >= 4 is 35.1 Å². The molecule has 1 saturated carbocycles. The molecule has 1 aromatic rings. The van der Waals surface area contributed by atoms with Crippen LogP contribution >= 0.6 is 11.6 Å². The second-order valence-electron chi connectivity index (χ2n) is 10.4. The average molecular weight is 561 g/mol. The monoisotopic (exact) mass is 560 g/mol. The van der Waals surface area contributed by atoms with Gasteiger partial charge in [-0.1, -0.05) is 24.4 Å². The largest absolute Gasteiger partial charge is 0.490 e. The van der Waals surface area contributed by atoms with Crippen molar-refractivity contribution in [2.24, 2.45) is 11.8 Å². The number of carboxylic acid groups (broad SMARTS) is 1. The number of carbonyl (C=O) groups excluding carboxylic acids is 2. The molecule has 1 aliphatic carbocycles. The lowest BCUT2D eigenvalue weighted by atomic mass is 9.98. The third kappa shape index (κ3) is 8.31. The molecule has 38 heavy (non-hydrogen) atoms. The average Bonchev–Trinajstić information content (AvgIpc) is 3.34. The van der Waals surface area contributed by atoms with Crippen LogP contribution in [0.2, 0.25) is 5.02 Å². The molecule has 2 aliphatic heterocycles. The zero-order chi connectivity index (χ0) is 28.0. The Balaban J connectivity index is 0.000000505. The number of piperazine rings is 1. The molecule has 0 unspecified atom stereocenters. The quantitative estimate of drug-likeness (QED) is 0.485. The summed E-state index contributed by atoms with van der Waals surface area (Å²) < 4.78 is 31.7. The van der Waals surface area contributed by atoms with Crippen LogP contribution in [0, 0.1) is 18.8 Å². The molecule has 8 nitrogen and oxygen atoms in total. The number of carboxylic acids is 1. The fourth-order valence-electron chi connectivity index (χ4n) is 5.14. The van der Waals surface area contributed by atoms with E-state index >= 15 is 0 Å². The van der Waals surface area contributed by atoms with Crippen LogP contribution < -0.4 is 10.6 Å². The van der Waals surface area contributed by atoms with E-state index in [1.165, 1.54) is 12.8 Å². The first-order valence-electron chi connectivity index (χ1n) is 13.0. The van der Waals surface area contributed by atoms with Gasteiger partial charge in [-0.15, -0.1) is 0 Å². The lowest BCUT2D eigenvalue weighted by molar-refractivity contribution is -0.192. The summed E-state index contributed by atoms with van der Waals surface area (Å²) in [7, 11) is 0. The van der Waals surface area contributed by atoms with Crippen molar-refractivity contribution in [3.05, 3.63) is 28.3 Å². The third-order valence-electron chi connectivity index (χ3n) is 7.43. The molecule has 3 fully saturated rings. The van der Waals surface area contributed by atoms with Crippen molar-refractivity contribution < 1.29 is 32.7 Å². The molecular formula is C26H36ClF3N4O4. The minimum absolute atomic E-state index is 0.0514. The van der Waals surface area contributed by atoms with Crippen LogP contribution in [0.4, 0.5) is 18.9 Å². The predicted molar refractivity (Wildman–Crippen MR) is 138 cm³/mol. The van der Waals surface area contributed by atoms with E-state index in [1.54, 1.807) is 0 Å². The normalized spacial score (nSPS) is 20.9. The number of halogens is 4. The summed E-state index contributed by atoms with van der Waals surface area (Å²) in [5, 5.41) is 14.0. The number of hydrogen-bond acceptors (Lipinski definition) is 5. The van der Waals surface area contributed by atoms with E-state index in [9.17, 15) is 22.8 Å². The molecule has 12 heteroatoms. The zero-order valence-corrected chi connectivity index (χ0v) is 22.5. The van der Waals surface area contributed by atoms with Gasteiger partial charge in [0.2, 0.25) is 11.8 Å². The Bertz CT molecular complexity index is 1010. The minimum Gasteiger partial charge on any atom is -0.475 e. The van der Waals surface area contributed by atoms with E-state index in [0.29, 0.717) is 23.3 Å². The Kier molecular flexibility index (Phi) is 10.4. The molecule has 0 spiro atoms. The molecular weight excluding hydrogens is 525 g/mol. The highest BCUT2D eigenvalue weighted by atomic mass is 35.5. The van der Waals surface area contributed by atoms with Crippen LogP contribution in [-0.2, 0) is 20.9 Å². The standard InChI is InChI=1S/C24H35ClN4O2.C2HF3O2/c1-16-14-28(7-8-29(16)24(31)19-5-3-4-6-19)15-20-10-21(25)11-22(17(20)2)27-23(30)9-18-12-26-13-18;3-2(4,5)1(6)7/h10-11,16,18-19,26H,3-9,12-15H2,1-2H3,(H,27,30);(H,6,7)/t16-;/m0./s1. The highest BCUT2D eigenvalue weighted by Crippen LogP contribution is 2.30. The lowest BCUT2D eigenvalue weighted by Crippen LogP contribution is -2.54. The highest BCUT2D eigenvalue weighted by molar-refractivity contribution is 6.31. The van der Waals surface area contributed by atoms with Gasteiger partial charge in [0.05, 0.1) is 0 Å². The number of alkyl halides is 3. The first kappa shape index (κ1) is 30.2. The molecule has 0 bridgehead atoms. The summed E-state index contributed by atoms with van der Waals surface area (Å²) in [6.07, 6.45) is -0.0499. The van der Waals surface area contributed by atoms with Crippen LogP contribution in [0.1, 0.15) is 50.2 Å². The maximum Gasteiger partial charge on any atom is 0.490 e. The second-order valence-corrected chi connectivity index (χ2v) is 10.9. The van der Waals surface area contributed by atoms with E-state index in [0.717, 1.165) is 68.9 Å². The summed E-state index contributed by atoms with van der Waals surface area (Å²) in [6.45, 7) is 9.33. The third-order valence-corrected chi connectivity index (χ3v) is 7.65. The van der Waals surface area contributed by atoms with Gasteiger partial charge in [-0.3, -0.25) is 14.5 Å². The summed E-state index contributed by atoms with van der Waals surface area (Å²) in [4.78, 5) is 38.7. The predicted octanol–water partition coefficient (Wildman–Crippen LogP) is 4.05. The Morgan fingerprint density at radius 3 is 2.32 bits per heavy atom. The topological polar surface area (TPSA) is 102 Å². The zero-order valence-electron chi connectivity index (χ0n) is 21.7. The lowest BCUT2D eigenvalue weighted by Gasteiger charge is -2.41. The van der Waals surface area contributed by atoms with Crippen molar-refractivity contribution in [1.82, 2.24) is 15.1 Å². The molecule has 2 amide bonds. The van der Waals surface area contributed by atoms with Gasteiger partial charge in [0, 0.05) is 55.3 Å². The van der Waals surface area contributed by atoms with Gasteiger partial charge in [-0.25, -0.2) is 4.79 Å². The van der Waals surface area contributed by atoms with E-state index in [4.69, 9.17) is 21.5 Å². The van der Waals surface area contributed by atoms with E-state index in [1.807, 2.05) is 12.1 Å². The number of carbonyl (C=O) groups is 3. The van der Waals surface area contributed by atoms with Crippen LogP contribution in [0.25, 0.3) is 0 Å². The fraction of sp³-hybridized carbons (Fsp3) is 0.654. The van der Waals surface area contributed by atoms with Gasteiger partial charge in [-0.2, -0.15) is 13.2 Å². The van der Waals surface area contributed by atoms with E-state index < -0.39 is 12.1 Å².